The Labute approximate surface area is 103 Å². The van der Waals surface area contributed by atoms with Crippen LogP contribution in [0.5, 0.6) is 0 Å². The zero-order valence-electron chi connectivity index (χ0n) is 9.51. The Morgan fingerprint density at radius 2 is 1.72 bits per heavy atom. The molecule has 0 aliphatic heterocycles. The molecule has 0 saturated carbocycles. The molecule has 0 amide bonds. The molecule has 0 bridgehead atoms. The van der Waals surface area contributed by atoms with Gasteiger partial charge in [-0.15, -0.1) is 0 Å². The summed E-state index contributed by atoms with van der Waals surface area (Å²) in [4.78, 5) is 0. The molecule has 0 saturated heterocycles. The lowest BCUT2D eigenvalue weighted by atomic mass is 10.0. The first-order valence-electron chi connectivity index (χ1n) is 5.77. The van der Waals surface area contributed by atoms with Gasteiger partial charge in [-0.05, 0) is 29.3 Å². The average Bonchev–Trinajstić information content (AvgIpc) is 3.05. The highest BCUT2D eigenvalue weighted by Gasteiger charge is 2.06. The number of aromatic amines is 2. The summed E-state index contributed by atoms with van der Waals surface area (Å²) in [6.07, 6.45) is 3.71. The topological polar surface area (TPSA) is 57.4 Å². The van der Waals surface area contributed by atoms with Gasteiger partial charge >= 0.3 is 0 Å². The Hall–Kier alpha value is -2.62. The van der Waals surface area contributed by atoms with Gasteiger partial charge in [0.1, 0.15) is 0 Å². The van der Waals surface area contributed by atoms with E-state index in [0.717, 1.165) is 21.8 Å². The molecule has 0 radical (unpaired) electrons. The molecule has 0 atom stereocenters. The third kappa shape index (κ3) is 1.26. The molecule has 0 aliphatic carbocycles. The predicted molar refractivity (Wildman–Crippen MR) is 71.2 cm³/mol. The van der Waals surface area contributed by atoms with E-state index in [1.165, 1.54) is 11.1 Å². The summed E-state index contributed by atoms with van der Waals surface area (Å²) in [6.45, 7) is 0. The van der Waals surface area contributed by atoms with Crippen LogP contribution in [-0.4, -0.2) is 20.4 Å². The SMILES string of the molecule is c1cc(-c2ccc3[nH]ncc3c2)c2cn[nH]c2c1. The van der Waals surface area contributed by atoms with Gasteiger partial charge in [0.15, 0.2) is 0 Å². The van der Waals surface area contributed by atoms with Crippen LogP contribution in [0.2, 0.25) is 0 Å². The van der Waals surface area contributed by atoms with Crippen LogP contribution in [0, 0.1) is 0 Å². The molecule has 4 heteroatoms. The highest BCUT2D eigenvalue weighted by atomic mass is 15.1. The lowest BCUT2D eigenvalue weighted by Gasteiger charge is -2.03. The Kier molecular flexibility index (Phi) is 1.80. The normalized spacial score (nSPS) is 11.3. The quantitative estimate of drug-likeness (QED) is 0.531. The lowest BCUT2D eigenvalue weighted by molar-refractivity contribution is 1.12. The number of aromatic nitrogens is 4. The fraction of sp³-hybridized carbons (Fsp3) is 0. The zero-order chi connectivity index (χ0) is 11.9. The largest absolute Gasteiger partial charge is 0.278 e. The van der Waals surface area contributed by atoms with Gasteiger partial charge in [0, 0.05) is 10.8 Å². The number of fused-ring (bicyclic) bond motifs is 2. The molecule has 2 N–H and O–H groups in total. The summed E-state index contributed by atoms with van der Waals surface area (Å²) in [7, 11) is 0. The predicted octanol–water partition coefficient (Wildman–Crippen LogP) is 3.11. The van der Waals surface area contributed by atoms with Gasteiger partial charge in [-0.3, -0.25) is 10.2 Å². The van der Waals surface area contributed by atoms with Crippen molar-refractivity contribution in [3.8, 4) is 11.1 Å². The molecule has 2 aromatic heterocycles. The first-order valence-corrected chi connectivity index (χ1v) is 5.77. The third-order valence-corrected chi connectivity index (χ3v) is 3.24. The van der Waals surface area contributed by atoms with Crippen molar-refractivity contribution in [3.63, 3.8) is 0 Å². The monoisotopic (exact) mass is 234 g/mol. The first kappa shape index (κ1) is 9.41. The van der Waals surface area contributed by atoms with E-state index >= 15 is 0 Å². The summed E-state index contributed by atoms with van der Waals surface area (Å²) >= 11 is 0. The van der Waals surface area contributed by atoms with Crippen LogP contribution in [0.15, 0.2) is 48.8 Å². The standard InChI is InChI=1S/C14H10N4/c1-2-11(12-8-16-18-14(12)3-1)9-4-5-13-10(6-9)7-15-17-13/h1-8H,(H,15,17)(H,16,18). The molecular formula is C14H10N4. The van der Waals surface area contributed by atoms with Crippen LogP contribution in [0.4, 0.5) is 0 Å². The summed E-state index contributed by atoms with van der Waals surface area (Å²) in [6, 6.07) is 12.5. The highest BCUT2D eigenvalue weighted by molar-refractivity contribution is 5.96. The molecule has 0 aliphatic rings. The van der Waals surface area contributed by atoms with Crippen molar-refractivity contribution in [1.82, 2.24) is 20.4 Å². The summed E-state index contributed by atoms with van der Waals surface area (Å²) in [5, 5.41) is 16.4. The second-order valence-corrected chi connectivity index (χ2v) is 4.31. The molecule has 0 fully saturated rings. The van der Waals surface area contributed by atoms with Crippen LogP contribution in [0.3, 0.4) is 0 Å². The molecule has 0 unspecified atom stereocenters. The number of benzene rings is 2. The van der Waals surface area contributed by atoms with Gasteiger partial charge < -0.3 is 0 Å². The number of hydrogen-bond acceptors (Lipinski definition) is 2. The minimum Gasteiger partial charge on any atom is -0.278 e. The van der Waals surface area contributed by atoms with Gasteiger partial charge in [-0.1, -0.05) is 18.2 Å². The van der Waals surface area contributed by atoms with E-state index in [1.807, 2.05) is 24.5 Å². The highest BCUT2D eigenvalue weighted by Crippen LogP contribution is 2.29. The van der Waals surface area contributed by atoms with Crippen LogP contribution in [0.1, 0.15) is 0 Å². The fourth-order valence-electron chi connectivity index (χ4n) is 2.33. The number of hydrogen-bond donors (Lipinski definition) is 2. The molecule has 4 rings (SSSR count). The van der Waals surface area contributed by atoms with E-state index in [-0.39, 0.29) is 0 Å². The van der Waals surface area contributed by atoms with Crippen molar-refractivity contribution in [3.05, 3.63) is 48.8 Å². The van der Waals surface area contributed by atoms with Gasteiger partial charge in [-0.2, -0.15) is 10.2 Å². The van der Waals surface area contributed by atoms with Gasteiger partial charge in [0.2, 0.25) is 0 Å². The van der Waals surface area contributed by atoms with Crippen molar-refractivity contribution in [1.29, 1.82) is 0 Å². The van der Waals surface area contributed by atoms with Crippen molar-refractivity contribution in [2.24, 2.45) is 0 Å². The van der Waals surface area contributed by atoms with Crippen LogP contribution >= 0.6 is 0 Å². The Morgan fingerprint density at radius 1 is 0.833 bits per heavy atom. The van der Waals surface area contributed by atoms with Crippen molar-refractivity contribution >= 4 is 21.8 Å². The molecule has 4 nitrogen and oxygen atoms in total. The summed E-state index contributed by atoms with van der Waals surface area (Å²) < 4.78 is 0. The minimum absolute atomic E-state index is 1.05. The Bertz CT molecular complexity index is 841. The molecule has 86 valence electrons. The summed E-state index contributed by atoms with van der Waals surface area (Å²) in [5.74, 6) is 0. The number of rotatable bonds is 1. The van der Waals surface area contributed by atoms with E-state index in [0.29, 0.717) is 0 Å². The maximum absolute atomic E-state index is 4.10. The second kappa shape index (κ2) is 3.43. The number of nitrogens with one attached hydrogen (secondary N) is 2. The minimum atomic E-state index is 1.05. The number of nitrogens with zero attached hydrogens (tertiary/aromatic N) is 2. The van der Waals surface area contributed by atoms with E-state index < -0.39 is 0 Å². The molecule has 18 heavy (non-hydrogen) atoms. The molecule has 4 aromatic rings. The first-order chi connectivity index (χ1) is 8.92. The molecule has 0 spiro atoms. The van der Waals surface area contributed by atoms with Crippen molar-refractivity contribution < 1.29 is 0 Å². The maximum Gasteiger partial charge on any atom is 0.0656 e. The number of H-pyrrole nitrogens is 2. The average molecular weight is 234 g/mol. The molecular weight excluding hydrogens is 224 g/mol. The zero-order valence-corrected chi connectivity index (χ0v) is 9.51. The van der Waals surface area contributed by atoms with Gasteiger partial charge in [0.05, 0.1) is 23.4 Å². The van der Waals surface area contributed by atoms with Crippen LogP contribution < -0.4 is 0 Å². The molecule has 2 heterocycles. The van der Waals surface area contributed by atoms with E-state index in [9.17, 15) is 0 Å². The Balaban J connectivity index is 2.03. The fourth-order valence-corrected chi connectivity index (χ4v) is 2.33. The summed E-state index contributed by atoms with van der Waals surface area (Å²) in [5.41, 5.74) is 4.47. The van der Waals surface area contributed by atoms with Gasteiger partial charge in [0.25, 0.3) is 0 Å². The second-order valence-electron chi connectivity index (χ2n) is 4.31. The third-order valence-electron chi connectivity index (χ3n) is 3.24. The van der Waals surface area contributed by atoms with E-state index in [4.69, 9.17) is 0 Å². The maximum atomic E-state index is 4.10. The molecule has 2 aromatic carbocycles. The van der Waals surface area contributed by atoms with Crippen molar-refractivity contribution in [2.75, 3.05) is 0 Å². The van der Waals surface area contributed by atoms with Crippen LogP contribution in [-0.2, 0) is 0 Å². The Morgan fingerprint density at radius 3 is 2.72 bits per heavy atom. The lowest BCUT2D eigenvalue weighted by Crippen LogP contribution is -1.79. The van der Waals surface area contributed by atoms with Crippen molar-refractivity contribution in [2.45, 2.75) is 0 Å². The van der Waals surface area contributed by atoms with E-state index in [1.54, 1.807) is 0 Å². The van der Waals surface area contributed by atoms with Crippen LogP contribution in [0.25, 0.3) is 32.9 Å². The van der Waals surface area contributed by atoms with Gasteiger partial charge in [-0.25, -0.2) is 0 Å². The smallest absolute Gasteiger partial charge is 0.0656 e. The van der Waals surface area contributed by atoms with E-state index in [2.05, 4.69) is 44.7 Å².